The molecule has 1 aromatic rings. The van der Waals surface area contributed by atoms with Crippen LogP contribution in [0.5, 0.6) is 5.75 Å². The number of ether oxygens (including phenoxy) is 2. The average Bonchev–Trinajstić information content (AvgIpc) is 2.53. The summed E-state index contributed by atoms with van der Waals surface area (Å²) in [5, 5.41) is 22.2. The Morgan fingerprint density at radius 1 is 1.32 bits per heavy atom. The lowest BCUT2D eigenvalue weighted by Crippen LogP contribution is -2.66. The van der Waals surface area contributed by atoms with E-state index in [0.717, 1.165) is 0 Å². The molecule has 0 unspecified atom stereocenters. The molecule has 1 aliphatic rings. The minimum absolute atomic E-state index is 0.362. The first-order valence-electron chi connectivity index (χ1n) is 7.30. The van der Waals surface area contributed by atoms with Crippen molar-refractivity contribution in [1.82, 2.24) is 5.32 Å². The largest absolute Gasteiger partial charge is 0.463 e. The van der Waals surface area contributed by atoms with E-state index in [2.05, 4.69) is 9.50 Å². The molecular weight excluding hydrogens is 358 g/mol. The van der Waals surface area contributed by atoms with Crippen LogP contribution in [0.4, 0.5) is 0 Å². The van der Waals surface area contributed by atoms with Crippen LogP contribution in [-0.4, -0.2) is 66.3 Å². The van der Waals surface area contributed by atoms with Gasteiger partial charge in [-0.05, 0) is 12.1 Å². The van der Waals surface area contributed by atoms with Crippen LogP contribution in [0.2, 0.25) is 0 Å². The van der Waals surface area contributed by atoms with Crippen molar-refractivity contribution in [2.75, 3.05) is 6.61 Å². The minimum atomic E-state index is -4.93. The standard InChI is InChI=1S/C14H19NO9S/c1-8(17)15-11-12(18)13(24-25(19,20)21)10(7-16)23-14(11)22-9-5-3-2-4-6-9/h2-6,10-14,16,18H,7H2,1H3,(H,15,17)(H,19,20,21)/t10-,11-,12-,13+,14-/m1/s1. The molecule has 11 heteroatoms. The van der Waals surface area contributed by atoms with Crippen LogP contribution in [0, 0.1) is 0 Å². The van der Waals surface area contributed by atoms with E-state index in [4.69, 9.17) is 14.0 Å². The predicted molar refractivity (Wildman–Crippen MR) is 82.8 cm³/mol. The van der Waals surface area contributed by atoms with Gasteiger partial charge >= 0.3 is 10.4 Å². The zero-order valence-corrected chi connectivity index (χ0v) is 14.0. The van der Waals surface area contributed by atoms with Gasteiger partial charge in [-0.15, -0.1) is 0 Å². The third-order valence-corrected chi connectivity index (χ3v) is 3.92. The monoisotopic (exact) mass is 377 g/mol. The Balaban J connectivity index is 2.27. The highest BCUT2D eigenvalue weighted by molar-refractivity contribution is 7.80. The van der Waals surface area contributed by atoms with Gasteiger partial charge < -0.3 is 25.0 Å². The number of hydrogen-bond donors (Lipinski definition) is 4. The number of carbonyl (C=O) groups excluding carboxylic acids is 1. The SMILES string of the molecule is CC(=O)N[C@H]1[C@H](Oc2ccccc2)O[C@H](CO)[C@H](OS(=O)(=O)O)[C@@H]1O. The molecule has 1 amide bonds. The van der Waals surface area contributed by atoms with Gasteiger partial charge in [0.25, 0.3) is 0 Å². The Labute approximate surface area is 144 Å². The van der Waals surface area contributed by atoms with Gasteiger partial charge in [0.15, 0.2) is 0 Å². The summed E-state index contributed by atoms with van der Waals surface area (Å²) in [6.45, 7) is 0.460. The van der Waals surface area contributed by atoms with Crippen LogP contribution in [0.25, 0.3) is 0 Å². The van der Waals surface area contributed by atoms with Gasteiger partial charge in [-0.1, -0.05) is 18.2 Å². The van der Waals surface area contributed by atoms with Gasteiger partial charge in [-0.3, -0.25) is 9.35 Å². The highest BCUT2D eigenvalue weighted by Gasteiger charge is 2.49. The molecule has 0 aliphatic carbocycles. The Kier molecular flexibility index (Phi) is 6.32. The molecule has 140 valence electrons. The molecule has 1 heterocycles. The van der Waals surface area contributed by atoms with E-state index in [-0.39, 0.29) is 0 Å². The molecule has 1 aromatic carbocycles. The number of para-hydroxylation sites is 1. The highest BCUT2D eigenvalue weighted by atomic mass is 32.3. The molecule has 0 spiro atoms. The number of aliphatic hydroxyl groups is 2. The number of nitrogens with one attached hydrogen (secondary N) is 1. The summed E-state index contributed by atoms with van der Waals surface area (Å²) >= 11 is 0. The Bertz CT molecular complexity index is 681. The number of amides is 1. The Hall–Kier alpha value is -1.76. The molecule has 25 heavy (non-hydrogen) atoms. The first-order valence-corrected chi connectivity index (χ1v) is 8.66. The van der Waals surface area contributed by atoms with E-state index >= 15 is 0 Å². The molecule has 0 radical (unpaired) electrons. The second kappa shape index (κ2) is 8.08. The molecule has 1 fully saturated rings. The maximum absolute atomic E-state index is 11.4. The van der Waals surface area contributed by atoms with Crippen molar-refractivity contribution in [2.45, 2.75) is 37.6 Å². The summed E-state index contributed by atoms with van der Waals surface area (Å²) in [7, 11) is -4.93. The van der Waals surface area contributed by atoms with Gasteiger partial charge in [-0.2, -0.15) is 8.42 Å². The van der Waals surface area contributed by atoms with Gasteiger partial charge in [0.05, 0.1) is 6.61 Å². The second-order valence-corrected chi connectivity index (χ2v) is 6.41. The zero-order valence-electron chi connectivity index (χ0n) is 13.2. The maximum Gasteiger partial charge on any atom is 0.397 e. The Morgan fingerprint density at radius 2 is 1.96 bits per heavy atom. The highest BCUT2D eigenvalue weighted by Crippen LogP contribution is 2.27. The molecule has 5 atom stereocenters. The quantitative estimate of drug-likeness (QED) is 0.450. The topological polar surface area (TPSA) is 152 Å². The van der Waals surface area contributed by atoms with Crippen molar-refractivity contribution in [2.24, 2.45) is 0 Å². The lowest BCUT2D eigenvalue weighted by molar-refractivity contribution is -0.239. The van der Waals surface area contributed by atoms with Crippen LogP contribution in [-0.2, 0) is 24.1 Å². The fraction of sp³-hybridized carbons (Fsp3) is 0.500. The first kappa shape index (κ1) is 19.6. The van der Waals surface area contributed by atoms with Crippen LogP contribution in [0.1, 0.15) is 6.92 Å². The van der Waals surface area contributed by atoms with E-state index < -0.39 is 53.6 Å². The minimum Gasteiger partial charge on any atom is -0.463 e. The van der Waals surface area contributed by atoms with Crippen molar-refractivity contribution in [3.8, 4) is 5.75 Å². The van der Waals surface area contributed by atoms with Gasteiger partial charge in [0, 0.05) is 6.92 Å². The summed E-state index contributed by atoms with van der Waals surface area (Å²) in [6.07, 6.45) is -5.85. The van der Waals surface area contributed by atoms with Gasteiger partial charge in [0.1, 0.15) is 30.1 Å². The smallest absolute Gasteiger partial charge is 0.397 e. The molecule has 10 nitrogen and oxygen atoms in total. The molecule has 0 aromatic heterocycles. The van der Waals surface area contributed by atoms with E-state index in [9.17, 15) is 23.4 Å². The Morgan fingerprint density at radius 3 is 2.48 bits per heavy atom. The van der Waals surface area contributed by atoms with Crippen LogP contribution >= 0.6 is 0 Å². The first-order chi connectivity index (χ1) is 11.7. The van der Waals surface area contributed by atoms with Crippen LogP contribution in [0.15, 0.2) is 30.3 Å². The fourth-order valence-corrected chi connectivity index (χ4v) is 2.97. The summed E-state index contributed by atoms with van der Waals surface area (Å²) in [5.41, 5.74) is 0. The average molecular weight is 377 g/mol. The number of carbonyl (C=O) groups is 1. The van der Waals surface area contributed by atoms with Crippen molar-refractivity contribution in [1.29, 1.82) is 0 Å². The third-order valence-electron chi connectivity index (χ3n) is 3.45. The van der Waals surface area contributed by atoms with E-state index in [1.807, 2.05) is 0 Å². The number of rotatable bonds is 6. The molecular formula is C14H19NO9S. The van der Waals surface area contributed by atoms with E-state index in [0.29, 0.717) is 5.75 Å². The molecule has 0 saturated carbocycles. The molecule has 1 aliphatic heterocycles. The lowest BCUT2D eigenvalue weighted by Gasteiger charge is -2.43. The van der Waals surface area contributed by atoms with Gasteiger partial charge in [-0.25, -0.2) is 4.18 Å². The number of aliphatic hydroxyl groups excluding tert-OH is 2. The molecule has 4 N–H and O–H groups in total. The number of hydrogen-bond acceptors (Lipinski definition) is 8. The summed E-state index contributed by atoms with van der Waals surface area (Å²) in [5.74, 6) is -0.178. The van der Waals surface area contributed by atoms with Crippen molar-refractivity contribution >= 4 is 16.3 Å². The van der Waals surface area contributed by atoms with Crippen molar-refractivity contribution in [3.63, 3.8) is 0 Å². The zero-order chi connectivity index (χ0) is 18.6. The van der Waals surface area contributed by atoms with E-state index in [1.54, 1.807) is 30.3 Å². The molecule has 2 rings (SSSR count). The molecule has 1 saturated heterocycles. The van der Waals surface area contributed by atoms with Crippen molar-refractivity contribution in [3.05, 3.63) is 30.3 Å². The van der Waals surface area contributed by atoms with Crippen LogP contribution < -0.4 is 10.1 Å². The normalized spacial score (nSPS) is 29.8. The lowest BCUT2D eigenvalue weighted by atomic mass is 9.97. The second-order valence-electron chi connectivity index (χ2n) is 5.36. The predicted octanol–water partition coefficient (Wildman–Crippen LogP) is -1.16. The molecule has 0 bridgehead atoms. The van der Waals surface area contributed by atoms with Crippen molar-refractivity contribution < 1.29 is 41.6 Å². The third kappa shape index (κ3) is 5.36. The summed E-state index contributed by atoms with van der Waals surface area (Å²) in [6, 6.07) is 7.13. The van der Waals surface area contributed by atoms with Gasteiger partial charge in [0.2, 0.25) is 12.2 Å². The summed E-state index contributed by atoms with van der Waals surface area (Å²) < 4.78 is 46.2. The maximum atomic E-state index is 11.4. The number of benzene rings is 1. The summed E-state index contributed by atoms with van der Waals surface area (Å²) in [4.78, 5) is 11.4. The van der Waals surface area contributed by atoms with Crippen LogP contribution in [0.3, 0.4) is 0 Å². The fourth-order valence-electron chi connectivity index (χ4n) is 2.45. The van der Waals surface area contributed by atoms with E-state index in [1.165, 1.54) is 6.92 Å².